The topological polar surface area (TPSA) is 81.4 Å². The molecule has 2 aromatic heterocycles. The second-order valence-corrected chi connectivity index (χ2v) is 6.57. The third kappa shape index (κ3) is 3.71. The molecule has 2 aliphatic rings. The van der Waals surface area contributed by atoms with E-state index in [2.05, 4.69) is 15.1 Å². The number of piperidine rings is 1. The lowest BCUT2D eigenvalue weighted by atomic mass is 9.89. The molecule has 0 N–H and O–H groups in total. The Hall–Kier alpha value is -2.06. The summed E-state index contributed by atoms with van der Waals surface area (Å²) in [5.74, 6) is 0.637. The largest absolute Gasteiger partial charge is 0.376 e. The number of ether oxygens (including phenoxy) is 1. The molecule has 0 bridgehead atoms. The van der Waals surface area contributed by atoms with Gasteiger partial charge >= 0.3 is 0 Å². The lowest BCUT2D eigenvalue weighted by Crippen LogP contribution is -2.52. The van der Waals surface area contributed by atoms with E-state index in [0.29, 0.717) is 30.6 Å². The van der Waals surface area contributed by atoms with Crippen molar-refractivity contribution in [2.24, 2.45) is 0 Å². The Morgan fingerprint density at radius 1 is 1.42 bits per heavy atom. The molecule has 0 aliphatic carbocycles. The van der Waals surface area contributed by atoms with Gasteiger partial charge in [-0.2, -0.15) is 4.98 Å². The molecule has 9 heteroatoms. The fourth-order valence-corrected chi connectivity index (χ4v) is 3.66. The summed E-state index contributed by atoms with van der Waals surface area (Å²) in [7, 11) is 0. The predicted molar refractivity (Wildman–Crippen MR) is 91.4 cm³/mol. The number of rotatable bonds is 3. The molecule has 2 aromatic rings. The van der Waals surface area contributed by atoms with Crippen molar-refractivity contribution in [2.45, 2.75) is 44.2 Å². The Morgan fingerprint density at radius 2 is 2.27 bits per heavy atom. The zero-order chi connectivity index (χ0) is 17.4. The minimum atomic E-state index is -0.412. The van der Waals surface area contributed by atoms with Crippen LogP contribution in [0.4, 0.5) is 4.39 Å². The van der Waals surface area contributed by atoms with Gasteiger partial charge in [-0.05, 0) is 31.9 Å². The monoisotopic (exact) mass is 382 g/mol. The number of aryl methyl sites for hydroxylation is 1. The average molecular weight is 383 g/mol. The lowest BCUT2D eigenvalue weighted by molar-refractivity contribution is -0.137. The van der Waals surface area contributed by atoms with Crippen LogP contribution in [-0.2, 0) is 16.0 Å². The van der Waals surface area contributed by atoms with Gasteiger partial charge in [-0.1, -0.05) is 5.16 Å². The molecule has 2 fully saturated rings. The highest BCUT2D eigenvalue weighted by Crippen LogP contribution is 2.35. The molecule has 140 valence electrons. The molecule has 0 saturated carbocycles. The molecule has 0 radical (unpaired) electrons. The van der Waals surface area contributed by atoms with Gasteiger partial charge < -0.3 is 14.2 Å². The van der Waals surface area contributed by atoms with E-state index in [1.54, 1.807) is 13.0 Å². The summed E-state index contributed by atoms with van der Waals surface area (Å²) in [6, 6.07) is 2.92. The zero-order valence-corrected chi connectivity index (χ0v) is 15.1. The number of halogens is 2. The molecule has 0 spiro atoms. The summed E-state index contributed by atoms with van der Waals surface area (Å²) < 4.78 is 24.1. The van der Waals surface area contributed by atoms with E-state index < -0.39 is 5.82 Å². The molecule has 4 rings (SSSR count). The lowest BCUT2D eigenvalue weighted by Gasteiger charge is -2.39. The number of hydrogen-bond donors (Lipinski definition) is 0. The van der Waals surface area contributed by atoms with E-state index in [0.717, 1.165) is 19.0 Å². The Balaban J connectivity index is 0.00000196. The predicted octanol–water partition coefficient (Wildman–Crippen LogP) is 2.05. The van der Waals surface area contributed by atoms with Crippen LogP contribution in [0, 0.1) is 12.7 Å². The molecule has 2 aliphatic heterocycles. The molecule has 1 amide bonds. The summed E-state index contributed by atoms with van der Waals surface area (Å²) in [6.07, 6.45) is 2.84. The summed E-state index contributed by atoms with van der Waals surface area (Å²) in [5, 5.41) is 3.85. The third-order valence-electron chi connectivity index (χ3n) is 4.84. The Labute approximate surface area is 156 Å². The number of hydrogen-bond acceptors (Lipinski definition) is 6. The number of likely N-dealkylation sites (tertiary alicyclic amines) is 1. The van der Waals surface area contributed by atoms with Crippen molar-refractivity contribution in [3.8, 4) is 0 Å². The van der Waals surface area contributed by atoms with E-state index >= 15 is 0 Å². The number of pyridine rings is 1. The van der Waals surface area contributed by atoms with Gasteiger partial charge in [0.2, 0.25) is 11.8 Å². The maximum atomic E-state index is 13.0. The van der Waals surface area contributed by atoms with Crippen molar-refractivity contribution in [3.63, 3.8) is 0 Å². The van der Waals surface area contributed by atoms with Gasteiger partial charge in [0, 0.05) is 18.8 Å². The fraction of sp³-hybridized carbons (Fsp3) is 0.529. The third-order valence-corrected chi connectivity index (χ3v) is 4.84. The fourth-order valence-electron chi connectivity index (χ4n) is 3.66. The molecular weight excluding hydrogens is 363 g/mol. The van der Waals surface area contributed by atoms with Crippen LogP contribution in [0.3, 0.4) is 0 Å². The van der Waals surface area contributed by atoms with Crippen LogP contribution in [-0.4, -0.2) is 51.2 Å². The molecule has 0 unspecified atom stereocenters. The molecule has 0 aromatic carbocycles. The van der Waals surface area contributed by atoms with Crippen LogP contribution in [0.15, 0.2) is 22.9 Å². The van der Waals surface area contributed by atoms with E-state index in [-0.39, 0.29) is 42.8 Å². The van der Waals surface area contributed by atoms with E-state index in [1.807, 2.05) is 4.90 Å². The maximum Gasteiger partial charge on any atom is 0.231 e. The highest BCUT2D eigenvalue weighted by atomic mass is 35.5. The van der Waals surface area contributed by atoms with Crippen molar-refractivity contribution >= 4 is 18.3 Å². The summed E-state index contributed by atoms with van der Waals surface area (Å²) in [6.45, 7) is 2.93. The summed E-state index contributed by atoms with van der Waals surface area (Å²) >= 11 is 0. The standard InChI is InChI=1S/C17H19FN4O3.ClH/c1-10-20-17(25-21-10)11-6-15-14(4-5-24-15)22(9-11)16(23)7-13-3-2-12(18)8-19-13;/h2-3,8,11,14-15H,4-7,9H2,1H3;1H/t11-,14+,15+;/m0./s1. The van der Waals surface area contributed by atoms with Crippen molar-refractivity contribution < 1.29 is 18.4 Å². The molecule has 4 heterocycles. The molecule has 3 atom stereocenters. The SMILES string of the molecule is Cc1noc([C@H]2C[C@H]3OCC[C@H]3N(C(=O)Cc3ccc(F)cn3)C2)n1.Cl. The van der Waals surface area contributed by atoms with Gasteiger partial charge in [0.1, 0.15) is 5.82 Å². The van der Waals surface area contributed by atoms with E-state index in [1.165, 1.54) is 6.07 Å². The maximum absolute atomic E-state index is 13.0. The van der Waals surface area contributed by atoms with Crippen LogP contribution in [0.1, 0.15) is 36.2 Å². The van der Waals surface area contributed by atoms with Crippen molar-refractivity contribution in [2.75, 3.05) is 13.2 Å². The van der Waals surface area contributed by atoms with Gasteiger partial charge in [-0.25, -0.2) is 4.39 Å². The smallest absolute Gasteiger partial charge is 0.231 e. The van der Waals surface area contributed by atoms with Crippen LogP contribution >= 0.6 is 12.4 Å². The number of amides is 1. The first kappa shape index (κ1) is 18.7. The average Bonchev–Trinajstić information content (AvgIpc) is 3.24. The summed E-state index contributed by atoms with van der Waals surface area (Å²) in [5.41, 5.74) is 0.553. The van der Waals surface area contributed by atoms with E-state index in [9.17, 15) is 9.18 Å². The van der Waals surface area contributed by atoms with Gasteiger partial charge in [0.15, 0.2) is 5.82 Å². The Bertz CT molecular complexity index is 770. The van der Waals surface area contributed by atoms with E-state index in [4.69, 9.17) is 9.26 Å². The first-order valence-electron chi connectivity index (χ1n) is 8.42. The first-order valence-corrected chi connectivity index (χ1v) is 8.42. The second-order valence-electron chi connectivity index (χ2n) is 6.57. The van der Waals surface area contributed by atoms with Crippen molar-refractivity contribution in [1.29, 1.82) is 0 Å². The number of aromatic nitrogens is 3. The van der Waals surface area contributed by atoms with Crippen molar-refractivity contribution in [1.82, 2.24) is 20.0 Å². The quantitative estimate of drug-likeness (QED) is 0.808. The molecule has 7 nitrogen and oxygen atoms in total. The highest BCUT2D eigenvalue weighted by molar-refractivity contribution is 5.85. The van der Waals surface area contributed by atoms with Gasteiger partial charge in [-0.15, -0.1) is 12.4 Å². The van der Waals surface area contributed by atoms with Crippen LogP contribution in [0.5, 0.6) is 0 Å². The first-order chi connectivity index (χ1) is 12.1. The van der Waals surface area contributed by atoms with Gasteiger partial charge in [0.05, 0.1) is 30.7 Å². The van der Waals surface area contributed by atoms with Crippen molar-refractivity contribution in [3.05, 3.63) is 41.6 Å². The van der Waals surface area contributed by atoms with Crippen LogP contribution in [0.25, 0.3) is 0 Å². The number of nitrogens with zero attached hydrogens (tertiary/aromatic N) is 4. The Morgan fingerprint density at radius 3 is 2.96 bits per heavy atom. The van der Waals surface area contributed by atoms with Crippen LogP contribution < -0.4 is 0 Å². The van der Waals surface area contributed by atoms with Gasteiger partial charge in [0.25, 0.3) is 0 Å². The summed E-state index contributed by atoms with van der Waals surface area (Å²) in [4.78, 5) is 23.0. The minimum Gasteiger partial charge on any atom is -0.376 e. The second kappa shape index (κ2) is 7.67. The molecule has 26 heavy (non-hydrogen) atoms. The number of fused-ring (bicyclic) bond motifs is 1. The van der Waals surface area contributed by atoms with Crippen LogP contribution in [0.2, 0.25) is 0 Å². The Kier molecular flexibility index (Phi) is 5.52. The normalized spacial score (nSPS) is 24.8. The number of carbonyl (C=O) groups is 1. The molecular formula is C17H20ClFN4O3. The highest BCUT2D eigenvalue weighted by Gasteiger charge is 2.43. The minimum absolute atomic E-state index is 0. The number of carbonyl (C=O) groups excluding carboxylic acids is 1. The zero-order valence-electron chi connectivity index (χ0n) is 14.3. The van der Waals surface area contributed by atoms with Gasteiger partial charge in [-0.3, -0.25) is 9.78 Å². The molecule has 2 saturated heterocycles.